The van der Waals surface area contributed by atoms with Crippen LogP contribution in [0.2, 0.25) is 0 Å². The molecule has 1 atom stereocenters. The first kappa shape index (κ1) is 9.40. The maximum atomic E-state index is 11.3. The molecule has 0 aromatic carbocycles. The number of nitrogens with one attached hydrogen (secondary N) is 1. The summed E-state index contributed by atoms with van der Waals surface area (Å²) in [7, 11) is 0. The molecule has 3 N–H and O–H groups in total. The highest BCUT2D eigenvalue weighted by Gasteiger charge is 2.26. The van der Waals surface area contributed by atoms with E-state index in [2.05, 4.69) is 9.97 Å². The zero-order valence-electron chi connectivity index (χ0n) is 8.29. The van der Waals surface area contributed by atoms with Crippen molar-refractivity contribution in [3.63, 3.8) is 0 Å². The summed E-state index contributed by atoms with van der Waals surface area (Å²) in [5, 5.41) is 0. The van der Waals surface area contributed by atoms with Crippen LogP contribution in [0.25, 0.3) is 0 Å². The van der Waals surface area contributed by atoms with Crippen LogP contribution in [-0.4, -0.2) is 9.97 Å². The molecule has 1 aromatic heterocycles. The number of nitrogens with two attached hydrogens (primary N) is 1. The molecular weight excluding hydrogens is 178 g/mol. The van der Waals surface area contributed by atoms with E-state index in [9.17, 15) is 4.79 Å². The average molecular weight is 193 g/mol. The van der Waals surface area contributed by atoms with Gasteiger partial charge in [0.15, 0.2) is 0 Å². The predicted octanol–water partition coefficient (Wildman–Crippen LogP) is 1.06. The molecule has 1 saturated carbocycles. The standard InChI is InChI=1S/C10H15N3O/c1-2-7(11)10-12-8(6-3-4-6)5-9(14)13-10/h5-7H,2-4,11H2,1H3,(H,12,13,14). The third kappa shape index (κ3) is 1.85. The Morgan fingerprint density at radius 1 is 1.71 bits per heavy atom. The Morgan fingerprint density at radius 2 is 2.43 bits per heavy atom. The Morgan fingerprint density at radius 3 is 3.00 bits per heavy atom. The molecule has 0 spiro atoms. The molecule has 76 valence electrons. The Bertz CT molecular complexity index is 381. The second-order valence-corrected chi connectivity index (χ2v) is 3.84. The van der Waals surface area contributed by atoms with E-state index in [0.717, 1.165) is 25.0 Å². The van der Waals surface area contributed by atoms with Crippen molar-refractivity contribution in [3.8, 4) is 0 Å². The highest BCUT2D eigenvalue weighted by atomic mass is 16.1. The summed E-state index contributed by atoms with van der Waals surface area (Å²) >= 11 is 0. The summed E-state index contributed by atoms with van der Waals surface area (Å²) in [6.45, 7) is 1.98. The topological polar surface area (TPSA) is 71.8 Å². The predicted molar refractivity (Wildman–Crippen MR) is 54.1 cm³/mol. The molecule has 1 aliphatic carbocycles. The van der Waals surface area contributed by atoms with Crippen LogP contribution >= 0.6 is 0 Å². The first-order valence-electron chi connectivity index (χ1n) is 5.07. The second-order valence-electron chi connectivity index (χ2n) is 3.84. The molecule has 0 saturated heterocycles. The smallest absolute Gasteiger partial charge is 0.251 e. The van der Waals surface area contributed by atoms with Gasteiger partial charge in [0.05, 0.1) is 11.7 Å². The van der Waals surface area contributed by atoms with Gasteiger partial charge in [-0.15, -0.1) is 0 Å². The SMILES string of the molecule is CCC(N)c1nc(C2CC2)cc(=O)[nH]1. The van der Waals surface area contributed by atoms with Gasteiger partial charge in [0, 0.05) is 12.0 Å². The van der Waals surface area contributed by atoms with E-state index in [1.807, 2.05) is 6.92 Å². The summed E-state index contributed by atoms with van der Waals surface area (Å²) in [6.07, 6.45) is 3.09. The van der Waals surface area contributed by atoms with E-state index >= 15 is 0 Å². The third-order valence-electron chi connectivity index (χ3n) is 2.57. The van der Waals surface area contributed by atoms with Crippen LogP contribution in [0.1, 0.15) is 49.7 Å². The molecule has 1 heterocycles. The Hall–Kier alpha value is -1.16. The van der Waals surface area contributed by atoms with Gasteiger partial charge in [0.25, 0.3) is 5.56 Å². The summed E-state index contributed by atoms with van der Waals surface area (Å²) < 4.78 is 0. The van der Waals surface area contributed by atoms with Crippen LogP contribution in [0.15, 0.2) is 10.9 Å². The molecule has 1 fully saturated rings. The van der Waals surface area contributed by atoms with E-state index in [-0.39, 0.29) is 11.6 Å². The van der Waals surface area contributed by atoms with E-state index in [1.165, 1.54) is 0 Å². The fourth-order valence-electron chi connectivity index (χ4n) is 1.45. The molecule has 1 unspecified atom stereocenters. The molecule has 0 radical (unpaired) electrons. The van der Waals surface area contributed by atoms with Crippen molar-refractivity contribution in [1.82, 2.24) is 9.97 Å². The second kappa shape index (κ2) is 3.53. The van der Waals surface area contributed by atoms with Gasteiger partial charge in [0.1, 0.15) is 5.82 Å². The van der Waals surface area contributed by atoms with Crippen molar-refractivity contribution in [2.75, 3.05) is 0 Å². The first-order chi connectivity index (χ1) is 6.70. The van der Waals surface area contributed by atoms with Crippen molar-refractivity contribution in [3.05, 3.63) is 27.9 Å². The number of H-pyrrole nitrogens is 1. The van der Waals surface area contributed by atoms with Crippen LogP contribution in [-0.2, 0) is 0 Å². The lowest BCUT2D eigenvalue weighted by molar-refractivity contribution is 0.638. The average Bonchev–Trinajstić information content (AvgIpc) is 2.98. The molecule has 4 heteroatoms. The number of nitrogens with zero attached hydrogens (tertiary/aromatic N) is 1. The van der Waals surface area contributed by atoms with Crippen LogP contribution in [0.5, 0.6) is 0 Å². The highest BCUT2D eigenvalue weighted by molar-refractivity contribution is 5.15. The van der Waals surface area contributed by atoms with Crippen molar-refractivity contribution < 1.29 is 0 Å². The zero-order valence-corrected chi connectivity index (χ0v) is 8.29. The zero-order chi connectivity index (χ0) is 10.1. The minimum atomic E-state index is -0.151. The van der Waals surface area contributed by atoms with Crippen molar-refractivity contribution in [1.29, 1.82) is 0 Å². The van der Waals surface area contributed by atoms with Gasteiger partial charge in [-0.2, -0.15) is 0 Å². The fraction of sp³-hybridized carbons (Fsp3) is 0.600. The summed E-state index contributed by atoms with van der Waals surface area (Å²) in [5.41, 5.74) is 6.65. The molecule has 0 aliphatic heterocycles. The molecule has 0 bridgehead atoms. The monoisotopic (exact) mass is 193 g/mol. The Kier molecular flexibility index (Phi) is 2.37. The number of hydrogen-bond donors (Lipinski definition) is 2. The largest absolute Gasteiger partial charge is 0.321 e. The summed E-state index contributed by atoms with van der Waals surface area (Å²) in [5.74, 6) is 1.13. The lowest BCUT2D eigenvalue weighted by Gasteiger charge is -2.08. The number of rotatable bonds is 3. The molecule has 1 aromatic rings. The molecule has 2 rings (SSSR count). The maximum absolute atomic E-state index is 11.3. The molecule has 14 heavy (non-hydrogen) atoms. The number of hydrogen-bond acceptors (Lipinski definition) is 3. The van der Waals surface area contributed by atoms with Gasteiger partial charge in [-0.05, 0) is 19.3 Å². The minimum absolute atomic E-state index is 0.0826. The number of aromatic amines is 1. The summed E-state index contributed by atoms with van der Waals surface area (Å²) in [4.78, 5) is 18.4. The van der Waals surface area contributed by atoms with Gasteiger partial charge in [-0.3, -0.25) is 4.79 Å². The van der Waals surface area contributed by atoms with Gasteiger partial charge in [-0.25, -0.2) is 4.98 Å². The van der Waals surface area contributed by atoms with Crippen molar-refractivity contribution in [2.24, 2.45) is 5.73 Å². The summed E-state index contributed by atoms with van der Waals surface area (Å²) in [6, 6.07) is 1.44. The fourth-order valence-corrected chi connectivity index (χ4v) is 1.45. The Balaban J connectivity index is 2.35. The van der Waals surface area contributed by atoms with E-state index in [4.69, 9.17) is 5.73 Å². The normalized spacial score (nSPS) is 18.1. The van der Waals surface area contributed by atoms with Crippen LogP contribution in [0.4, 0.5) is 0 Å². The highest BCUT2D eigenvalue weighted by Crippen LogP contribution is 2.38. The van der Waals surface area contributed by atoms with Gasteiger partial charge in [-0.1, -0.05) is 6.92 Å². The number of aromatic nitrogens is 2. The quantitative estimate of drug-likeness (QED) is 0.753. The molecule has 4 nitrogen and oxygen atoms in total. The van der Waals surface area contributed by atoms with Gasteiger partial charge < -0.3 is 10.7 Å². The van der Waals surface area contributed by atoms with Crippen LogP contribution in [0.3, 0.4) is 0 Å². The molecular formula is C10H15N3O. The Labute approximate surface area is 82.6 Å². The minimum Gasteiger partial charge on any atom is -0.321 e. The molecule has 1 aliphatic rings. The lowest BCUT2D eigenvalue weighted by atomic mass is 10.2. The van der Waals surface area contributed by atoms with E-state index in [1.54, 1.807) is 6.07 Å². The van der Waals surface area contributed by atoms with Crippen LogP contribution < -0.4 is 11.3 Å². The lowest BCUT2D eigenvalue weighted by Crippen LogP contribution is -2.19. The molecule has 0 amide bonds. The maximum Gasteiger partial charge on any atom is 0.251 e. The van der Waals surface area contributed by atoms with Crippen LogP contribution in [0, 0.1) is 0 Å². The van der Waals surface area contributed by atoms with Gasteiger partial charge >= 0.3 is 0 Å². The third-order valence-corrected chi connectivity index (χ3v) is 2.57. The van der Waals surface area contributed by atoms with E-state index in [0.29, 0.717) is 11.7 Å². The van der Waals surface area contributed by atoms with Crippen molar-refractivity contribution in [2.45, 2.75) is 38.1 Å². The van der Waals surface area contributed by atoms with Gasteiger partial charge in [0.2, 0.25) is 0 Å². The van der Waals surface area contributed by atoms with Crippen molar-refractivity contribution >= 4 is 0 Å². The first-order valence-corrected chi connectivity index (χ1v) is 5.07. The van der Waals surface area contributed by atoms with E-state index < -0.39 is 0 Å².